The number of rotatable bonds is 2. The van der Waals surface area contributed by atoms with Crippen molar-refractivity contribution in [3.63, 3.8) is 0 Å². The summed E-state index contributed by atoms with van der Waals surface area (Å²) in [6.45, 7) is 4.88. The van der Waals surface area contributed by atoms with Gasteiger partial charge in [0, 0.05) is 32.2 Å². The third-order valence-electron chi connectivity index (χ3n) is 3.52. The van der Waals surface area contributed by atoms with Crippen LogP contribution in [0.4, 0.5) is 0 Å². The van der Waals surface area contributed by atoms with Gasteiger partial charge < -0.3 is 14.6 Å². The summed E-state index contributed by atoms with van der Waals surface area (Å²) < 4.78 is 5.30. The summed E-state index contributed by atoms with van der Waals surface area (Å²) in [5.74, 6) is 1.06. The highest BCUT2D eigenvalue weighted by atomic mass is 16.3. The number of nitrogens with zero attached hydrogens (tertiary/aromatic N) is 2. The van der Waals surface area contributed by atoms with Crippen molar-refractivity contribution in [3.8, 4) is 0 Å². The number of fused-ring (bicyclic) bond motifs is 1. The topological polar surface area (TPSA) is 48.7 Å². The van der Waals surface area contributed by atoms with Gasteiger partial charge in [-0.2, -0.15) is 0 Å². The second-order valence-corrected chi connectivity index (χ2v) is 4.68. The van der Waals surface area contributed by atoms with E-state index in [1.165, 1.54) is 0 Å². The molecule has 0 saturated carbocycles. The largest absolute Gasteiger partial charge is 0.467 e. The van der Waals surface area contributed by atoms with Crippen molar-refractivity contribution >= 4 is 5.91 Å². The number of hydrogen-bond acceptors (Lipinski definition) is 4. The van der Waals surface area contributed by atoms with Gasteiger partial charge in [-0.15, -0.1) is 0 Å². The minimum absolute atomic E-state index is 0.208. The summed E-state index contributed by atoms with van der Waals surface area (Å²) in [5, 5.41) is 3.38. The maximum absolute atomic E-state index is 12.0. The van der Waals surface area contributed by atoms with Crippen molar-refractivity contribution in [1.29, 1.82) is 0 Å². The Balaban J connectivity index is 1.67. The van der Waals surface area contributed by atoms with Crippen LogP contribution in [0.5, 0.6) is 0 Å². The molecule has 5 nitrogen and oxygen atoms in total. The molecule has 0 bridgehead atoms. The van der Waals surface area contributed by atoms with E-state index in [4.69, 9.17) is 4.42 Å². The molecule has 17 heavy (non-hydrogen) atoms. The zero-order valence-electron chi connectivity index (χ0n) is 9.76. The summed E-state index contributed by atoms with van der Waals surface area (Å²) >= 11 is 0. The molecule has 2 saturated heterocycles. The molecule has 0 aliphatic carbocycles. The summed E-state index contributed by atoms with van der Waals surface area (Å²) in [6.07, 6.45) is 1.65. The van der Waals surface area contributed by atoms with Gasteiger partial charge in [0.15, 0.2) is 0 Å². The van der Waals surface area contributed by atoms with E-state index < -0.39 is 0 Å². The van der Waals surface area contributed by atoms with E-state index in [-0.39, 0.29) is 5.91 Å². The van der Waals surface area contributed by atoms with Crippen LogP contribution >= 0.6 is 0 Å². The third-order valence-corrected chi connectivity index (χ3v) is 3.52. The van der Waals surface area contributed by atoms with Crippen LogP contribution in [0.2, 0.25) is 0 Å². The van der Waals surface area contributed by atoms with Crippen LogP contribution in [-0.2, 0) is 11.3 Å². The van der Waals surface area contributed by atoms with E-state index in [9.17, 15) is 4.79 Å². The Morgan fingerprint density at radius 3 is 3.29 bits per heavy atom. The Morgan fingerprint density at radius 1 is 1.53 bits per heavy atom. The highest BCUT2D eigenvalue weighted by Gasteiger charge is 2.33. The zero-order chi connectivity index (χ0) is 11.7. The van der Waals surface area contributed by atoms with Crippen molar-refractivity contribution in [2.24, 2.45) is 0 Å². The zero-order valence-corrected chi connectivity index (χ0v) is 9.76. The minimum Gasteiger partial charge on any atom is -0.467 e. The molecule has 1 unspecified atom stereocenters. The number of carbonyl (C=O) groups is 1. The fourth-order valence-corrected chi connectivity index (χ4v) is 2.56. The van der Waals surface area contributed by atoms with E-state index in [0.717, 1.165) is 31.9 Å². The molecule has 0 aromatic carbocycles. The van der Waals surface area contributed by atoms with Crippen molar-refractivity contribution in [2.45, 2.75) is 12.6 Å². The summed E-state index contributed by atoms with van der Waals surface area (Å²) in [5.41, 5.74) is 0. The van der Waals surface area contributed by atoms with Gasteiger partial charge in [-0.05, 0) is 12.1 Å². The molecule has 5 heteroatoms. The molecule has 1 amide bonds. The molecule has 3 rings (SSSR count). The van der Waals surface area contributed by atoms with Gasteiger partial charge in [0.25, 0.3) is 0 Å². The predicted molar refractivity (Wildman–Crippen MR) is 62.4 cm³/mol. The standard InChI is InChI=1S/C12H17N3O2/c16-12-9-14-4-3-13-6-10(14)7-15(12)8-11-2-1-5-17-11/h1-2,5,10,13H,3-4,6-9H2. The monoisotopic (exact) mass is 235 g/mol. The summed E-state index contributed by atoms with van der Waals surface area (Å²) in [7, 11) is 0. The Labute approximate surface area is 100 Å². The lowest BCUT2D eigenvalue weighted by Gasteiger charge is -2.43. The van der Waals surface area contributed by atoms with E-state index in [1.54, 1.807) is 6.26 Å². The molecule has 0 spiro atoms. The summed E-state index contributed by atoms with van der Waals surface area (Å²) in [6, 6.07) is 4.23. The van der Waals surface area contributed by atoms with Crippen LogP contribution in [-0.4, -0.2) is 54.5 Å². The summed E-state index contributed by atoms with van der Waals surface area (Å²) in [4.78, 5) is 16.2. The molecule has 1 N–H and O–H groups in total. The first-order valence-corrected chi connectivity index (χ1v) is 6.08. The van der Waals surface area contributed by atoms with Gasteiger partial charge in [-0.1, -0.05) is 0 Å². The predicted octanol–water partition coefficient (Wildman–Crippen LogP) is -0.104. The molecule has 1 aromatic rings. The van der Waals surface area contributed by atoms with Crippen molar-refractivity contribution in [2.75, 3.05) is 32.7 Å². The smallest absolute Gasteiger partial charge is 0.237 e. The average Bonchev–Trinajstić information content (AvgIpc) is 2.83. The van der Waals surface area contributed by atoms with Crippen molar-refractivity contribution in [1.82, 2.24) is 15.1 Å². The van der Waals surface area contributed by atoms with E-state index in [2.05, 4.69) is 10.2 Å². The van der Waals surface area contributed by atoms with Gasteiger partial charge in [-0.3, -0.25) is 9.69 Å². The molecule has 1 aromatic heterocycles. The van der Waals surface area contributed by atoms with Crippen LogP contribution in [0.1, 0.15) is 5.76 Å². The number of carbonyl (C=O) groups excluding carboxylic acids is 1. The van der Waals surface area contributed by atoms with E-state index in [0.29, 0.717) is 19.1 Å². The van der Waals surface area contributed by atoms with Crippen molar-refractivity contribution < 1.29 is 9.21 Å². The van der Waals surface area contributed by atoms with Crippen LogP contribution in [0.25, 0.3) is 0 Å². The second-order valence-electron chi connectivity index (χ2n) is 4.68. The highest BCUT2D eigenvalue weighted by Crippen LogP contribution is 2.15. The lowest BCUT2D eigenvalue weighted by molar-refractivity contribution is -0.140. The Bertz CT molecular complexity index is 390. The molecule has 1 atom stereocenters. The quantitative estimate of drug-likeness (QED) is 0.777. The lowest BCUT2D eigenvalue weighted by Crippen LogP contribution is -2.62. The van der Waals surface area contributed by atoms with Crippen LogP contribution in [0.3, 0.4) is 0 Å². The Hall–Kier alpha value is -1.33. The van der Waals surface area contributed by atoms with Crippen LogP contribution in [0, 0.1) is 0 Å². The first kappa shape index (κ1) is 10.8. The van der Waals surface area contributed by atoms with E-state index >= 15 is 0 Å². The van der Waals surface area contributed by atoms with Gasteiger partial charge >= 0.3 is 0 Å². The number of piperazine rings is 2. The van der Waals surface area contributed by atoms with Gasteiger partial charge in [0.2, 0.25) is 5.91 Å². The first-order valence-electron chi connectivity index (χ1n) is 6.08. The minimum atomic E-state index is 0.208. The molecule has 2 fully saturated rings. The molecule has 2 aliphatic heterocycles. The van der Waals surface area contributed by atoms with Crippen molar-refractivity contribution in [3.05, 3.63) is 24.2 Å². The fraction of sp³-hybridized carbons (Fsp3) is 0.583. The first-order chi connectivity index (χ1) is 8.33. The van der Waals surface area contributed by atoms with Gasteiger partial charge in [-0.25, -0.2) is 0 Å². The number of hydrogen-bond donors (Lipinski definition) is 1. The maximum Gasteiger partial charge on any atom is 0.237 e. The Kier molecular flexibility index (Phi) is 2.86. The number of nitrogens with one attached hydrogen (secondary N) is 1. The highest BCUT2D eigenvalue weighted by molar-refractivity contribution is 5.79. The average molecular weight is 235 g/mol. The molecule has 92 valence electrons. The number of furan rings is 1. The fourth-order valence-electron chi connectivity index (χ4n) is 2.56. The molecule has 2 aliphatic rings. The molecule has 3 heterocycles. The van der Waals surface area contributed by atoms with E-state index in [1.807, 2.05) is 17.0 Å². The van der Waals surface area contributed by atoms with Crippen LogP contribution in [0.15, 0.2) is 22.8 Å². The number of amides is 1. The molecular weight excluding hydrogens is 218 g/mol. The normalized spacial score (nSPS) is 26.0. The second kappa shape index (κ2) is 4.50. The van der Waals surface area contributed by atoms with Gasteiger partial charge in [0.05, 0.1) is 19.4 Å². The van der Waals surface area contributed by atoms with Gasteiger partial charge in [0.1, 0.15) is 5.76 Å². The third kappa shape index (κ3) is 2.21. The SMILES string of the molecule is O=C1CN2CCNCC2CN1Cc1ccco1. The maximum atomic E-state index is 12.0. The molecule has 0 radical (unpaired) electrons. The molecular formula is C12H17N3O2. The van der Waals surface area contributed by atoms with Crippen LogP contribution < -0.4 is 5.32 Å². The lowest BCUT2D eigenvalue weighted by atomic mass is 10.1. The Morgan fingerprint density at radius 2 is 2.47 bits per heavy atom.